The molecule has 0 saturated heterocycles. The number of benzene rings is 3. The van der Waals surface area contributed by atoms with Gasteiger partial charge in [0.2, 0.25) is 5.43 Å². The third-order valence-electron chi connectivity index (χ3n) is 4.32. The fourth-order valence-electron chi connectivity index (χ4n) is 2.94. The molecule has 1 aromatic heterocycles. The van der Waals surface area contributed by atoms with E-state index >= 15 is 0 Å². The third-order valence-corrected chi connectivity index (χ3v) is 5.72. The van der Waals surface area contributed by atoms with Crippen molar-refractivity contribution >= 4 is 37.6 Å². The highest BCUT2D eigenvalue weighted by atomic mass is 32.2. The smallest absolute Gasteiger partial charge is 0.261 e. The van der Waals surface area contributed by atoms with E-state index in [1.54, 1.807) is 12.1 Å². The second-order valence-corrected chi connectivity index (χ2v) is 8.08. The summed E-state index contributed by atoms with van der Waals surface area (Å²) in [7, 11) is -3.81. The standard InChI is InChI=1S/C20H15NO6S/c1-11-2-5-14(6-3-11)28(25,26)21-12-4-7-15-17(8-12)27-18-10-13(22)9-16(23)19(18)20(15)24/h2-10,21-23H,1H3. The number of phenols is 2. The van der Waals surface area contributed by atoms with E-state index in [-0.39, 0.29) is 38.3 Å². The van der Waals surface area contributed by atoms with Crippen LogP contribution in [0, 0.1) is 6.92 Å². The van der Waals surface area contributed by atoms with Crippen LogP contribution in [0.3, 0.4) is 0 Å². The van der Waals surface area contributed by atoms with Crippen LogP contribution in [0.2, 0.25) is 0 Å². The number of aryl methyl sites for hydroxylation is 1. The maximum absolute atomic E-state index is 12.6. The molecule has 0 unspecified atom stereocenters. The summed E-state index contributed by atoms with van der Waals surface area (Å²) in [4.78, 5) is 12.7. The van der Waals surface area contributed by atoms with Crippen LogP contribution < -0.4 is 10.2 Å². The topological polar surface area (TPSA) is 117 Å². The molecule has 0 spiro atoms. The number of aromatic hydroxyl groups is 2. The zero-order chi connectivity index (χ0) is 20.1. The maximum Gasteiger partial charge on any atom is 0.261 e. The maximum atomic E-state index is 12.6. The van der Waals surface area contributed by atoms with Crippen LogP contribution in [-0.4, -0.2) is 18.6 Å². The molecule has 4 rings (SSSR count). The molecule has 0 aliphatic carbocycles. The largest absolute Gasteiger partial charge is 0.508 e. The third kappa shape index (κ3) is 3.03. The fourth-order valence-corrected chi connectivity index (χ4v) is 3.99. The first-order valence-corrected chi connectivity index (χ1v) is 9.75. The van der Waals surface area contributed by atoms with Crippen molar-refractivity contribution < 1.29 is 23.0 Å². The lowest BCUT2D eigenvalue weighted by Crippen LogP contribution is -2.13. The summed E-state index contributed by atoms with van der Waals surface area (Å²) in [5.74, 6) is -0.654. The molecule has 1 heterocycles. The number of hydrogen-bond acceptors (Lipinski definition) is 6. The zero-order valence-corrected chi connectivity index (χ0v) is 15.4. The van der Waals surface area contributed by atoms with Gasteiger partial charge >= 0.3 is 0 Å². The molecule has 0 bridgehead atoms. The van der Waals surface area contributed by atoms with E-state index in [1.165, 1.54) is 36.4 Å². The van der Waals surface area contributed by atoms with Gasteiger partial charge in [-0.15, -0.1) is 0 Å². The Hall–Kier alpha value is -3.52. The van der Waals surface area contributed by atoms with Gasteiger partial charge in [-0.2, -0.15) is 0 Å². The molecule has 8 heteroatoms. The molecule has 7 nitrogen and oxygen atoms in total. The van der Waals surface area contributed by atoms with Gasteiger partial charge in [-0.05, 0) is 31.2 Å². The second-order valence-electron chi connectivity index (χ2n) is 6.40. The average molecular weight is 397 g/mol. The normalized spacial score (nSPS) is 11.8. The molecule has 0 radical (unpaired) electrons. The minimum absolute atomic E-state index is 0.00598. The highest BCUT2D eigenvalue weighted by Crippen LogP contribution is 2.30. The van der Waals surface area contributed by atoms with Crippen molar-refractivity contribution in [2.24, 2.45) is 0 Å². The van der Waals surface area contributed by atoms with Crippen molar-refractivity contribution in [2.75, 3.05) is 4.72 Å². The van der Waals surface area contributed by atoms with Gasteiger partial charge in [0.1, 0.15) is 28.1 Å². The summed E-state index contributed by atoms with van der Waals surface area (Å²) in [5, 5.41) is 19.7. The molecule has 3 N–H and O–H groups in total. The Bertz CT molecular complexity index is 1390. The minimum atomic E-state index is -3.81. The van der Waals surface area contributed by atoms with Crippen LogP contribution in [0.15, 0.2) is 68.7 Å². The first-order chi connectivity index (χ1) is 13.2. The van der Waals surface area contributed by atoms with Crippen LogP contribution >= 0.6 is 0 Å². The molecule has 0 fully saturated rings. The number of phenolic OH excluding ortho intramolecular Hbond substituents is 2. The predicted octanol–water partition coefficient (Wildman–Crippen LogP) is 3.47. The number of rotatable bonds is 3. The van der Waals surface area contributed by atoms with E-state index in [4.69, 9.17) is 4.42 Å². The van der Waals surface area contributed by atoms with Crippen LogP contribution in [0.4, 0.5) is 5.69 Å². The van der Waals surface area contributed by atoms with Crippen molar-refractivity contribution in [3.8, 4) is 11.5 Å². The zero-order valence-electron chi connectivity index (χ0n) is 14.6. The monoisotopic (exact) mass is 397 g/mol. The van der Waals surface area contributed by atoms with Crippen molar-refractivity contribution in [3.05, 3.63) is 70.4 Å². The molecular weight excluding hydrogens is 382 g/mol. The van der Waals surface area contributed by atoms with Crippen molar-refractivity contribution in [2.45, 2.75) is 11.8 Å². The fraction of sp³-hybridized carbons (Fsp3) is 0.0500. The second kappa shape index (κ2) is 6.28. The van der Waals surface area contributed by atoms with E-state index in [1.807, 2.05) is 6.92 Å². The summed E-state index contributed by atoms with van der Waals surface area (Å²) in [6.45, 7) is 1.86. The van der Waals surface area contributed by atoms with Crippen LogP contribution in [0.5, 0.6) is 11.5 Å². The molecule has 0 aliphatic heterocycles. The summed E-state index contributed by atoms with van der Waals surface area (Å²) in [5.41, 5.74) is 0.770. The summed E-state index contributed by atoms with van der Waals surface area (Å²) in [6.07, 6.45) is 0. The van der Waals surface area contributed by atoms with Gasteiger partial charge < -0.3 is 14.6 Å². The van der Waals surface area contributed by atoms with Crippen LogP contribution in [0.25, 0.3) is 21.9 Å². The van der Waals surface area contributed by atoms with Crippen LogP contribution in [-0.2, 0) is 10.0 Å². The lowest BCUT2D eigenvalue weighted by Gasteiger charge is -2.09. The molecule has 4 aromatic rings. The van der Waals surface area contributed by atoms with E-state index in [0.29, 0.717) is 0 Å². The Labute approximate surface area is 159 Å². The molecule has 3 aromatic carbocycles. The summed E-state index contributed by atoms with van der Waals surface area (Å²) in [6, 6.07) is 12.9. The Morgan fingerprint density at radius 2 is 1.64 bits per heavy atom. The van der Waals surface area contributed by atoms with Gasteiger partial charge in [0, 0.05) is 18.2 Å². The SMILES string of the molecule is Cc1ccc(S(=O)(=O)Nc2ccc3c(=O)c4c(O)cc(O)cc4oc3c2)cc1. The van der Waals surface area contributed by atoms with Crippen molar-refractivity contribution in [3.63, 3.8) is 0 Å². The first kappa shape index (κ1) is 17.9. The number of nitrogens with one attached hydrogen (secondary N) is 1. The molecule has 28 heavy (non-hydrogen) atoms. The van der Waals surface area contributed by atoms with Gasteiger partial charge in [0.05, 0.1) is 16.0 Å². The van der Waals surface area contributed by atoms with Gasteiger partial charge in [-0.25, -0.2) is 8.42 Å². The summed E-state index contributed by atoms with van der Waals surface area (Å²) >= 11 is 0. The van der Waals surface area contributed by atoms with Crippen LogP contribution in [0.1, 0.15) is 5.56 Å². The van der Waals surface area contributed by atoms with Gasteiger partial charge in [-0.1, -0.05) is 17.7 Å². The molecule has 0 aliphatic rings. The minimum Gasteiger partial charge on any atom is -0.508 e. The quantitative estimate of drug-likeness (QED) is 0.456. The number of fused-ring (bicyclic) bond motifs is 2. The summed E-state index contributed by atoms with van der Waals surface area (Å²) < 4.78 is 33.2. The Kier molecular flexibility index (Phi) is 4.01. The number of hydrogen-bond donors (Lipinski definition) is 3. The van der Waals surface area contributed by atoms with E-state index < -0.39 is 21.2 Å². The number of sulfonamides is 1. The lowest BCUT2D eigenvalue weighted by atomic mass is 10.1. The Morgan fingerprint density at radius 1 is 0.929 bits per heavy atom. The number of anilines is 1. The van der Waals surface area contributed by atoms with Gasteiger partial charge in [-0.3, -0.25) is 9.52 Å². The predicted molar refractivity (Wildman–Crippen MR) is 105 cm³/mol. The molecular formula is C20H15NO6S. The lowest BCUT2D eigenvalue weighted by molar-refractivity contribution is 0.453. The molecule has 0 saturated carbocycles. The molecule has 0 atom stereocenters. The van der Waals surface area contributed by atoms with E-state index in [9.17, 15) is 23.4 Å². The van der Waals surface area contributed by atoms with Gasteiger partial charge in [0.15, 0.2) is 0 Å². The highest BCUT2D eigenvalue weighted by Gasteiger charge is 2.16. The Balaban J connectivity index is 1.82. The van der Waals surface area contributed by atoms with Gasteiger partial charge in [0.25, 0.3) is 10.0 Å². The van der Waals surface area contributed by atoms with Crippen molar-refractivity contribution in [1.29, 1.82) is 0 Å². The highest BCUT2D eigenvalue weighted by molar-refractivity contribution is 7.92. The van der Waals surface area contributed by atoms with E-state index in [0.717, 1.165) is 11.6 Å². The van der Waals surface area contributed by atoms with Crippen molar-refractivity contribution in [1.82, 2.24) is 0 Å². The van der Waals surface area contributed by atoms with E-state index in [2.05, 4.69) is 4.72 Å². The average Bonchev–Trinajstić information content (AvgIpc) is 2.61. The Morgan fingerprint density at radius 3 is 2.36 bits per heavy atom. The molecule has 0 amide bonds. The first-order valence-electron chi connectivity index (χ1n) is 8.27. The molecule has 142 valence electrons.